The smallest absolute Gasteiger partial charge is 0.259 e. The van der Waals surface area contributed by atoms with Crippen molar-refractivity contribution in [2.45, 2.75) is 15.8 Å². The number of hydrogen-bond acceptors (Lipinski definition) is 6. The molecule has 1 N–H and O–H groups in total. The van der Waals surface area contributed by atoms with Gasteiger partial charge < -0.3 is 0 Å². The molecule has 11 heteroatoms. The zero-order valence-corrected chi connectivity index (χ0v) is 22.4. The third-order valence-electron chi connectivity index (χ3n) is 6.53. The second-order valence-corrected chi connectivity index (χ2v) is 12.8. The van der Waals surface area contributed by atoms with E-state index in [1.165, 1.54) is 30.5 Å². The van der Waals surface area contributed by atoms with E-state index in [0.29, 0.717) is 0 Å². The van der Waals surface area contributed by atoms with E-state index in [9.17, 15) is 21.6 Å². The molecule has 1 aliphatic rings. The first-order chi connectivity index (χ1) is 18.8. The Hall–Kier alpha value is -3.90. The van der Waals surface area contributed by atoms with E-state index in [1.54, 1.807) is 36.4 Å². The predicted octanol–water partition coefficient (Wildman–Crippen LogP) is 3.05. The number of sulfonamides is 2. The Morgan fingerprint density at radius 3 is 2.03 bits per heavy atom. The molecule has 1 saturated heterocycles. The van der Waals surface area contributed by atoms with Crippen LogP contribution in [-0.4, -0.2) is 63.2 Å². The first kappa shape index (κ1) is 26.7. The molecule has 0 saturated carbocycles. The molecule has 1 atom stereocenters. The second-order valence-electron chi connectivity index (χ2n) is 8.92. The van der Waals surface area contributed by atoms with Crippen LogP contribution in [0.1, 0.15) is 5.56 Å². The van der Waals surface area contributed by atoms with E-state index in [1.807, 2.05) is 42.5 Å². The van der Waals surface area contributed by atoms with Gasteiger partial charge in [-0.05, 0) is 35.0 Å². The number of hydrazone groups is 1. The van der Waals surface area contributed by atoms with Crippen LogP contribution in [0.5, 0.6) is 0 Å². The summed E-state index contributed by atoms with van der Waals surface area (Å²) in [6.07, 6.45) is 1.48. The highest BCUT2D eigenvalue weighted by Crippen LogP contribution is 2.25. The highest BCUT2D eigenvalue weighted by atomic mass is 32.2. The SMILES string of the molecule is O=C(N/N=C/c1cccc2ccccc12)[C@@H]1CN(S(=O)(=O)c2ccccc2)CCN1S(=O)(=O)c1ccccc1. The molecule has 0 aromatic heterocycles. The van der Waals surface area contributed by atoms with Crippen LogP contribution in [0.4, 0.5) is 0 Å². The molecule has 1 aliphatic heterocycles. The van der Waals surface area contributed by atoms with Gasteiger partial charge in [-0.25, -0.2) is 22.3 Å². The van der Waals surface area contributed by atoms with Crippen molar-refractivity contribution in [2.75, 3.05) is 19.6 Å². The van der Waals surface area contributed by atoms with Gasteiger partial charge >= 0.3 is 0 Å². The molecule has 4 aromatic rings. The minimum absolute atomic E-state index is 0.0152. The van der Waals surface area contributed by atoms with E-state index < -0.39 is 32.0 Å². The van der Waals surface area contributed by atoms with Crippen LogP contribution in [0.25, 0.3) is 10.8 Å². The van der Waals surface area contributed by atoms with Crippen LogP contribution in [0.3, 0.4) is 0 Å². The molecule has 0 aliphatic carbocycles. The molecule has 1 amide bonds. The maximum Gasteiger partial charge on any atom is 0.259 e. The van der Waals surface area contributed by atoms with Crippen LogP contribution >= 0.6 is 0 Å². The van der Waals surface area contributed by atoms with Crippen molar-refractivity contribution in [1.82, 2.24) is 14.0 Å². The normalized spacial score (nSPS) is 17.4. The summed E-state index contributed by atoms with van der Waals surface area (Å²) in [5, 5.41) is 6.02. The zero-order valence-electron chi connectivity index (χ0n) is 20.8. The zero-order chi connectivity index (χ0) is 27.5. The molecule has 5 rings (SSSR count). The summed E-state index contributed by atoms with van der Waals surface area (Å²) in [6.45, 7) is -0.667. The lowest BCUT2D eigenvalue weighted by Crippen LogP contribution is -2.60. The minimum atomic E-state index is -4.10. The molecule has 0 bridgehead atoms. The van der Waals surface area contributed by atoms with Crippen LogP contribution in [0.15, 0.2) is 118 Å². The summed E-state index contributed by atoms with van der Waals surface area (Å²) in [5.74, 6) is -0.737. The molecular weight excluding hydrogens is 536 g/mol. The number of nitrogens with one attached hydrogen (secondary N) is 1. The van der Waals surface area contributed by atoms with Crippen LogP contribution < -0.4 is 5.43 Å². The Kier molecular flexibility index (Phi) is 7.58. The van der Waals surface area contributed by atoms with Gasteiger partial charge in [0, 0.05) is 25.2 Å². The third-order valence-corrected chi connectivity index (χ3v) is 10.3. The summed E-state index contributed by atoms with van der Waals surface area (Å²) in [4.78, 5) is 13.5. The van der Waals surface area contributed by atoms with Crippen molar-refractivity contribution in [3.05, 3.63) is 109 Å². The van der Waals surface area contributed by atoms with Crippen molar-refractivity contribution in [2.24, 2.45) is 5.10 Å². The number of piperazine rings is 1. The molecule has 9 nitrogen and oxygen atoms in total. The quantitative estimate of drug-likeness (QED) is 0.275. The summed E-state index contributed by atoms with van der Waals surface area (Å²) < 4.78 is 55.8. The third kappa shape index (κ3) is 5.48. The molecule has 200 valence electrons. The van der Waals surface area contributed by atoms with Gasteiger partial charge in [-0.15, -0.1) is 0 Å². The number of rotatable bonds is 7. The number of carbonyl (C=O) groups is 1. The molecule has 1 heterocycles. The Bertz CT molecular complexity index is 1720. The average Bonchev–Trinajstić information content (AvgIpc) is 2.98. The fraction of sp³-hybridized carbons (Fsp3) is 0.143. The molecule has 0 spiro atoms. The van der Waals surface area contributed by atoms with Gasteiger partial charge in [0.25, 0.3) is 5.91 Å². The van der Waals surface area contributed by atoms with Crippen molar-refractivity contribution < 1.29 is 21.6 Å². The van der Waals surface area contributed by atoms with Crippen molar-refractivity contribution >= 4 is 42.9 Å². The number of hydrogen-bond donors (Lipinski definition) is 1. The summed E-state index contributed by atoms with van der Waals surface area (Å²) in [5.41, 5.74) is 3.20. The number of nitrogens with zero attached hydrogens (tertiary/aromatic N) is 3. The molecule has 1 fully saturated rings. The number of fused-ring (bicyclic) bond motifs is 1. The Labute approximate surface area is 227 Å². The Balaban J connectivity index is 1.44. The molecule has 0 unspecified atom stereocenters. The molecule has 0 radical (unpaired) electrons. The van der Waals surface area contributed by atoms with Gasteiger partial charge in [-0.2, -0.15) is 13.7 Å². The fourth-order valence-corrected chi connectivity index (χ4v) is 7.58. The number of carbonyl (C=O) groups excluding carboxylic acids is 1. The van der Waals surface area contributed by atoms with Gasteiger partial charge in [0.15, 0.2) is 0 Å². The Morgan fingerprint density at radius 1 is 0.744 bits per heavy atom. The van der Waals surface area contributed by atoms with Gasteiger partial charge in [0.05, 0.1) is 16.0 Å². The van der Waals surface area contributed by atoms with Gasteiger partial charge in [-0.3, -0.25) is 4.79 Å². The Morgan fingerprint density at radius 2 is 1.33 bits per heavy atom. The molecule has 4 aromatic carbocycles. The van der Waals surface area contributed by atoms with Crippen LogP contribution in [0.2, 0.25) is 0 Å². The van der Waals surface area contributed by atoms with E-state index in [4.69, 9.17) is 0 Å². The highest BCUT2D eigenvalue weighted by molar-refractivity contribution is 7.89. The lowest BCUT2D eigenvalue weighted by Gasteiger charge is -2.38. The highest BCUT2D eigenvalue weighted by Gasteiger charge is 2.43. The second kappa shape index (κ2) is 11.1. The fourth-order valence-electron chi connectivity index (χ4n) is 4.53. The lowest BCUT2D eigenvalue weighted by molar-refractivity contribution is -0.125. The first-order valence-electron chi connectivity index (χ1n) is 12.2. The topological polar surface area (TPSA) is 116 Å². The largest absolute Gasteiger partial charge is 0.271 e. The van der Waals surface area contributed by atoms with Crippen LogP contribution in [-0.2, 0) is 24.8 Å². The van der Waals surface area contributed by atoms with E-state index in [2.05, 4.69) is 10.5 Å². The minimum Gasteiger partial charge on any atom is -0.271 e. The monoisotopic (exact) mass is 562 g/mol. The predicted molar refractivity (Wildman–Crippen MR) is 149 cm³/mol. The van der Waals surface area contributed by atoms with Gasteiger partial charge in [0.2, 0.25) is 20.0 Å². The summed E-state index contributed by atoms with van der Waals surface area (Å²) >= 11 is 0. The lowest BCUT2D eigenvalue weighted by atomic mass is 10.1. The summed E-state index contributed by atoms with van der Waals surface area (Å²) in [7, 11) is -8.05. The summed E-state index contributed by atoms with van der Waals surface area (Å²) in [6, 6.07) is 27.6. The van der Waals surface area contributed by atoms with Crippen molar-refractivity contribution in [1.29, 1.82) is 0 Å². The number of amides is 1. The van der Waals surface area contributed by atoms with E-state index >= 15 is 0 Å². The van der Waals surface area contributed by atoms with Crippen molar-refractivity contribution in [3.63, 3.8) is 0 Å². The molecule has 39 heavy (non-hydrogen) atoms. The van der Waals surface area contributed by atoms with Gasteiger partial charge in [0.1, 0.15) is 6.04 Å². The average molecular weight is 563 g/mol. The first-order valence-corrected chi connectivity index (χ1v) is 15.1. The van der Waals surface area contributed by atoms with Crippen LogP contribution in [0, 0.1) is 0 Å². The van der Waals surface area contributed by atoms with E-state index in [0.717, 1.165) is 24.9 Å². The standard InChI is InChI=1S/C28H26N4O5S2/c33-28(30-29-20-23-12-9-11-22-10-7-8-17-26(22)23)27-21-31(38(34,35)24-13-3-1-4-14-24)18-19-32(27)39(36,37)25-15-5-2-6-16-25/h1-17,20,27H,18-19,21H2,(H,30,33)/b29-20+/t27-/m0/s1. The maximum absolute atomic E-state index is 13.5. The number of benzene rings is 4. The van der Waals surface area contributed by atoms with E-state index in [-0.39, 0.29) is 29.4 Å². The molecular formula is C28H26N4O5S2. The maximum atomic E-state index is 13.5. The van der Waals surface area contributed by atoms with Gasteiger partial charge in [-0.1, -0.05) is 78.9 Å². The van der Waals surface area contributed by atoms with Crippen molar-refractivity contribution in [3.8, 4) is 0 Å².